The zero-order chi connectivity index (χ0) is 33.1. The quantitative estimate of drug-likeness (QED) is 0.0601. The van der Waals surface area contributed by atoms with E-state index in [0.29, 0.717) is 47.9 Å². The van der Waals surface area contributed by atoms with Gasteiger partial charge in [0.2, 0.25) is 0 Å². The van der Waals surface area contributed by atoms with Crippen molar-refractivity contribution < 1.29 is 41.4 Å². The predicted molar refractivity (Wildman–Crippen MR) is 168 cm³/mol. The Morgan fingerprint density at radius 2 is 1.15 bits per heavy atom. The highest BCUT2D eigenvalue weighted by Crippen LogP contribution is 2.39. The lowest BCUT2D eigenvalue weighted by atomic mass is 9.91. The summed E-state index contributed by atoms with van der Waals surface area (Å²) in [5.74, 6) is -3.03. The van der Waals surface area contributed by atoms with Crippen molar-refractivity contribution >= 4 is 11.9 Å². The van der Waals surface area contributed by atoms with Crippen LogP contribution in [0.1, 0.15) is 24.0 Å². The van der Waals surface area contributed by atoms with Gasteiger partial charge in [-0.15, -0.1) is 13.2 Å². The van der Waals surface area contributed by atoms with E-state index in [4.69, 9.17) is 9.47 Å². The monoisotopic (exact) mass is 632 g/mol. The molecule has 46 heavy (non-hydrogen) atoms. The summed E-state index contributed by atoms with van der Waals surface area (Å²) in [4.78, 5) is 22.4. The van der Waals surface area contributed by atoms with Crippen LogP contribution in [0.3, 0.4) is 0 Å². The van der Waals surface area contributed by atoms with Gasteiger partial charge in [0.15, 0.2) is 11.6 Å². The molecule has 4 rings (SSSR count). The Morgan fingerprint density at radius 3 is 1.67 bits per heavy atom. The lowest BCUT2D eigenvalue weighted by Gasteiger charge is -2.16. The van der Waals surface area contributed by atoms with Gasteiger partial charge in [-0.1, -0.05) is 79.9 Å². The van der Waals surface area contributed by atoms with Crippen molar-refractivity contribution in [3.8, 4) is 39.1 Å². The summed E-state index contributed by atoms with van der Waals surface area (Å²) in [6, 6.07) is 24.4. The van der Waals surface area contributed by atoms with E-state index in [9.17, 15) is 22.8 Å². The van der Waals surface area contributed by atoms with Crippen LogP contribution >= 0.6 is 0 Å². The third-order valence-electron chi connectivity index (χ3n) is 7.07. The molecule has 0 fully saturated rings. The molecule has 0 aliphatic carbocycles. The maximum atomic E-state index is 15.0. The molecule has 5 nitrogen and oxygen atoms in total. The molecule has 0 N–H and O–H groups in total. The molecule has 0 saturated heterocycles. The van der Waals surface area contributed by atoms with Crippen LogP contribution in [0.4, 0.5) is 17.6 Å². The van der Waals surface area contributed by atoms with Gasteiger partial charge in [0.1, 0.15) is 0 Å². The van der Waals surface area contributed by atoms with Gasteiger partial charge >= 0.3 is 18.3 Å². The molecule has 0 bridgehead atoms. The molecule has 4 aromatic carbocycles. The molecule has 0 aliphatic heterocycles. The van der Waals surface area contributed by atoms with Crippen LogP contribution in [0.15, 0.2) is 110 Å². The summed E-state index contributed by atoms with van der Waals surface area (Å²) >= 11 is 0. The first-order valence-corrected chi connectivity index (χ1v) is 14.5. The van der Waals surface area contributed by atoms with Gasteiger partial charge in [-0.2, -0.15) is 0 Å². The average Bonchev–Trinajstić information content (AvgIpc) is 3.05. The molecule has 0 aliphatic rings. The highest BCUT2D eigenvalue weighted by molar-refractivity contribution is 5.86. The Kier molecular flexibility index (Phi) is 11.5. The number of hydrogen-bond donors (Lipinski definition) is 0. The molecule has 0 heterocycles. The Hall–Kier alpha value is -5.18. The van der Waals surface area contributed by atoms with Gasteiger partial charge in [-0.05, 0) is 88.4 Å². The number of esters is 2. The van der Waals surface area contributed by atoms with Crippen LogP contribution in [0, 0.1) is 5.82 Å². The van der Waals surface area contributed by atoms with Crippen molar-refractivity contribution in [2.75, 3.05) is 13.2 Å². The van der Waals surface area contributed by atoms with E-state index in [0.717, 1.165) is 46.5 Å². The molecule has 0 aromatic heterocycles. The fraction of sp³-hybridized carbons (Fsp3) is 0.189. The number of ether oxygens (including phenoxy) is 3. The molecule has 0 saturated carbocycles. The Balaban J connectivity index is 1.60. The second-order valence-electron chi connectivity index (χ2n) is 10.3. The number of hydrogen-bond acceptors (Lipinski definition) is 5. The Labute approximate surface area is 264 Å². The lowest BCUT2D eigenvalue weighted by molar-refractivity contribution is -0.275. The maximum Gasteiger partial charge on any atom is 0.573 e. The van der Waals surface area contributed by atoms with Crippen molar-refractivity contribution in [1.82, 2.24) is 0 Å². The fourth-order valence-electron chi connectivity index (χ4n) is 4.83. The van der Waals surface area contributed by atoms with Gasteiger partial charge in [0, 0.05) is 12.2 Å². The minimum absolute atomic E-state index is 0.221. The number of carbonyl (C=O) groups excluding carboxylic acids is 2. The van der Waals surface area contributed by atoms with Crippen LogP contribution in [0.2, 0.25) is 0 Å². The SMILES string of the molecule is C=CC(=O)OCCCc1ccc(-c2cccc(-c3cc(F)c(OC(F)(F)F)cc3-c3ccc(CCCOC(=O)C=C)cc3)c2)cc1. The van der Waals surface area contributed by atoms with Crippen molar-refractivity contribution in [3.05, 3.63) is 127 Å². The third-order valence-corrected chi connectivity index (χ3v) is 7.07. The van der Waals surface area contributed by atoms with Gasteiger partial charge in [0.25, 0.3) is 0 Å². The molecular weight excluding hydrogens is 600 g/mol. The normalized spacial score (nSPS) is 11.0. The molecule has 4 aromatic rings. The van der Waals surface area contributed by atoms with E-state index in [1.807, 2.05) is 48.5 Å². The average molecular weight is 633 g/mol. The summed E-state index contributed by atoms with van der Waals surface area (Å²) in [6.45, 7) is 7.23. The van der Waals surface area contributed by atoms with Crippen LogP contribution in [0.25, 0.3) is 33.4 Å². The van der Waals surface area contributed by atoms with Crippen LogP contribution < -0.4 is 4.74 Å². The largest absolute Gasteiger partial charge is 0.573 e. The van der Waals surface area contributed by atoms with E-state index in [1.54, 1.807) is 24.3 Å². The summed E-state index contributed by atoms with van der Waals surface area (Å²) in [5.41, 5.74) is 5.63. The van der Waals surface area contributed by atoms with E-state index >= 15 is 4.39 Å². The van der Waals surface area contributed by atoms with Gasteiger partial charge in [0.05, 0.1) is 13.2 Å². The topological polar surface area (TPSA) is 61.8 Å². The molecule has 0 amide bonds. The molecule has 9 heteroatoms. The standard InChI is InChI=1S/C37H32F4O5/c1-3-35(42)44-20-6-8-25-12-16-27(17-13-25)29-10-5-11-30(22-29)31-23-33(38)34(46-37(39,40)41)24-32(31)28-18-14-26(15-19-28)9-7-21-45-36(43)4-2/h3-5,10-19,22-24H,1-2,6-9,20-21H2. The number of benzene rings is 4. The zero-order valence-electron chi connectivity index (χ0n) is 24.9. The van der Waals surface area contributed by atoms with Crippen LogP contribution in [-0.2, 0) is 31.9 Å². The van der Waals surface area contributed by atoms with Crippen molar-refractivity contribution in [2.45, 2.75) is 32.0 Å². The lowest BCUT2D eigenvalue weighted by Crippen LogP contribution is -2.18. The Bertz CT molecular complexity index is 1680. The van der Waals surface area contributed by atoms with Gasteiger partial charge in [-0.3, -0.25) is 0 Å². The van der Waals surface area contributed by atoms with Crippen LogP contribution in [0.5, 0.6) is 5.75 Å². The first-order valence-electron chi connectivity index (χ1n) is 14.5. The summed E-state index contributed by atoms with van der Waals surface area (Å²) in [6.07, 6.45) is -0.313. The van der Waals surface area contributed by atoms with Crippen LogP contribution in [-0.4, -0.2) is 31.5 Å². The van der Waals surface area contributed by atoms with E-state index < -0.39 is 29.9 Å². The number of carbonyl (C=O) groups is 2. The molecular formula is C37H32F4O5. The zero-order valence-corrected chi connectivity index (χ0v) is 24.9. The first kappa shape index (κ1) is 33.7. The predicted octanol–water partition coefficient (Wildman–Crippen LogP) is 9.05. The summed E-state index contributed by atoms with van der Waals surface area (Å²) in [5, 5.41) is 0. The van der Waals surface area contributed by atoms with Crippen molar-refractivity contribution in [3.63, 3.8) is 0 Å². The van der Waals surface area contributed by atoms with Gasteiger partial charge < -0.3 is 14.2 Å². The smallest absolute Gasteiger partial charge is 0.463 e. The van der Waals surface area contributed by atoms with E-state index in [-0.39, 0.29) is 13.2 Å². The summed E-state index contributed by atoms with van der Waals surface area (Å²) < 4.78 is 68.4. The number of halogens is 4. The third kappa shape index (κ3) is 9.66. The number of aryl methyl sites for hydroxylation is 2. The van der Waals surface area contributed by atoms with E-state index in [2.05, 4.69) is 17.9 Å². The van der Waals surface area contributed by atoms with Crippen molar-refractivity contribution in [2.24, 2.45) is 0 Å². The number of alkyl halides is 3. The molecule has 0 spiro atoms. The first-order chi connectivity index (χ1) is 22.1. The highest BCUT2D eigenvalue weighted by Gasteiger charge is 2.33. The second kappa shape index (κ2) is 15.7. The Morgan fingerprint density at radius 1 is 0.652 bits per heavy atom. The fourth-order valence-corrected chi connectivity index (χ4v) is 4.83. The maximum absolute atomic E-state index is 15.0. The molecule has 238 valence electrons. The molecule has 0 radical (unpaired) electrons. The summed E-state index contributed by atoms with van der Waals surface area (Å²) in [7, 11) is 0. The van der Waals surface area contributed by atoms with E-state index in [1.165, 1.54) is 0 Å². The minimum Gasteiger partial charge on any atom is -0.463 e. The van der Waals surface area contributed by atoms with Gasteiger partial charge in [-0.25, -0.2) is 14.0 Å². The highest BCUT2D eigenvalue weighted by atomic mass is 19.4. The number of rotatable bonds is 14. The minimum atomic E-state index is -5.07. The molecule has 0 unspecified atom stereocenters. The molecule has 0 atom stereocenters. The second-order valence-corrected chi connectivity index (χ2v) is 10.3. The van der Waals surface area contributed by atoms with Crippen molar-refractivity contribution in [1.29, 1.82) is 0 Å².